The van der Waals surface area contributed by atoms with E-state index in [1.807, 2.05) is 0 Å². The minimum Gasteiger partial charge on any atom is -0.461 e. The van der Waals surface area contributed by atoms with E-state index in [0.717, 1.165) is 12.1 Å². The van der Waals surface area contributed by atoms with Gasteiger partial charge in [0.25, 0.3) is 5.91 Å². The van der Waals surface area contributed by atoms with Gasteiger partial charge in [0.05, 0.1) is 6.61 Å². The van der Waals surface area contributed by atoms with E-state index in [0.29, 0.717) is 6.42 Å². The van der Waals surface area contributed by atoms with E-state index in [2.05, 4.69) is 15.2 Å². The molecule has 0 saturated heterocycles. The predicted molar refractivity (Wildman–Crippen MR) is 82.9 cm³/mol. The molecule has 0 fully saturated rings. The molecule has 0 atom stereocenters. The highest BCUT2D eigenvalue weighted by Gasteiger charge is 2.31. The minimum atomic E-state index is -4.81. The van der Waals surface area contributed by atoms with E-state index in [1.165, 1.54) is 19.1 Å². The van der Waals surface area contributed by atoms with Crippen LogP contribution >= 0.6 is 0 Å². The van der Waals surface area contributed by atoms with Crippen LogP contribution in [0.4, 0.5) is 18.9 Å². The quantitative estimate of drug-likeness (QED) is 0.778. The van der Waals surface area contributed by atoms with Crippen LogP contribution in [0.5, 0.6) is 5.75 Å². The molecule has 7 nitrogen and oxygen atoms in total. The van der Waals surface area contributed by atoms with Crippen molar-refractivity contribution < 1.29 is 36.8 Å². The van der Waals surface area contributed by atoms with Crippen molar-refractivity contribution in [3.05, 3.63) is 41.3 Å². The number of hydrogen-bond donors (Lipinski definition) is 1. The third-order valence-corrected chi connectivity index (χ3v) is 3.07. The van der Waals surface area contributed by atoms with Crippen LogP contribution in [-0.2, 0) is 4.74 Å². The summed E-state index contributed by atoms with van der Waals surface area (Å²) in [6.45, 7) is 3.41. The van der Waals surface area contributed by atoms with Crippen molar-refractivity contribution >= 4 is 17.6 Å². The Labute approximate surface area is 146 Å². The summed E-state index contributed by atoms with van der Waals surface area (Å²) in [5.74, 6) is -1.84. The zero-order chi connectivity index (χ0) is 19.3. The topological polar surface area (TPSA) is 90.7 Å². The number of amides is 1. The lowest BCUT2D eigenvalue weighted by molar-refractivity contribution is -0.274. The number of nitrogens with zero attached hydrogens (tertiary/aromatic N) is 1. The maximum absolute atomic E-state index is 12.4. The third-order valence-electron chi connectivity index (χ3n) is 3.07. The number of carbonyl (C=O) groups is 2. The second-order valence-electron chi connectivity index (χ2n) is 5.12. The van der Waals surface area contributed by atoms with Gasteiger partial charge in [-0.15, -0.1) is 13.2 Å². The Hall–Kier alpha value is -3.04. The Balaban J connectivity index is 2.13. The predicted octanol–water partition coefficient (Wildman–Crippen LogP) is 3.70. The number of halogens is 3. The standard InChI is InChI=1S/C16H15F3N2O5/c1-3-8-24-15(23)13-12(9(2)26-21-13)14(22)20-10-4-6-11(7-5-10)25-16(17,18)19/h4-7H,3,8H2,1-2H3,(H,20,22). The van der Waals surface area contributed by atoms with Crippen LogP contribution in [0.3, 0.4) is 0 Å². The van der Waals surface area contributed by atoms with Gasteiger partial charge in [0.2, 0.25) is 5.69 Å². The molecule has 1 aromatic heterocycles. The minimum absolute atomic E-state index is 0.1000. The molecule has 1 heterocycles. The van der Waals surface area contributed by atoms with Crippen LogP contribution in [0.15, 0.2) is 28.8 Å². The van der Waals surface area contributed by atoms with Crippen molar-refractivity contribution in [1.82, 2.24) is 5.16 Å². The molecule has 2 aromatic rings. The molecule has 26 heavy (non-hydrogen) atoms. The Morgan fingerprint density at radius 1 is 1.23 bits per heavy atom. The first kappa shape index (κ1) is 19.3. The fourth-order valence-corrected chi connectivity index (χ4v) is 1.98. The second-order valence-corrected chi connectivity index (χ2v) is 5.12. The normalized spacial score (nSPS) is 11.1. The van der Waals surface area contributed by atoms with Crippen molar-refractivity contribution in [1.29, 1.82) is 0 Å². The van der Waals surface area contributed by atoms with Gasteiger partial charge in [-0.05, 0) is 37.6 Å². The molecule has 10 heteroatoms. The van der Waals surface area contributed by atoms with E-state index in [1.54, 1.807) is 6.92 Å². The Bertz CT molecular complexity index is 784. The van der Waals surface area contributed by atoms with Gasteiger partial charge >= 0.3 is 12.3 Å². The molecular weight excluding hydrogens is 357 g/mol. The van der Waals surface area contributed by atoms with Gasteiger partial charge in [0.1, 0.15) is 17.1 Å². The number of anilines is 1. The van der Waals surface area contributed by atoms with Gasteiger partial charge in [0.15, 0.2) is 0 Å². The number of alkyl halides is 3. The zero-order valence-corrected chi connectivity index (χ0v) is 13.8. The number of hydrogen-bond acceptors (Lipinski definition) is 6. The number of rotatable bonds is 6. The number of aryl methyl sites for hydroxylation is 1. The summed E-state index contributed by atoms with van der Waals surface area (Å²) < 4.78 is 50.0. The lowest BCUT2D eigenvalue weighted by Crippen LogP contribution is -2.18. The van der Waals surface area contributed by atoms with Crippen LogP contribution < -0.4 is 10.1 Å². The summed E-state index contributed by atoms with van der Waals surface area (Å²) in [6.07, 6.45) is -4.21. The average molecular weight is 372 g/mol. The smallest absolute Gasteiger partial charge is 0.461 e. The first-order valence-corrected chi connectivity index (χ1v) is 7.52. The SMILES string of the molecule is CCCOC(=O)c1noc(C)c1C(=O)Nc1ccc(OC(F)(F)F)cc1. The molecule has 1 amide bonds. The first-order valence-electron chi connectivity index (χ1n) is 7.52. The van der Waals surface area contributed by atoms with Crippen LogP contribution in [0.25, 0.3) is 0 Å². The number of benzene rings is 1. The lowest BCUT2D eigenvalue weighted by atomic mass is 10.1. The Morgan fingerprint density at radius 2 is 1.88 bits per heavy atom. The highest BCUT2D eigenvalue weighted by atomic mass is 19.4. The molecule has 0 bridgehead atoms. The van der Waals surface area contributed by atoms with E-state index in [4.69, 9.17) is 9.26 Å². The number of esters is 1. The van der Waals surface area contributed by atoms with E-state index in [9.17, 15) is 22.8 Å². The van der Waals surface area contributed by atoms with E-state index >= 15 is 0 Å². The molecule has 1 N–H and O–H groups in total. The Kier molecular flexibility index (Phi) is 5.86. The molecular formula is C16H15F3N2O5. The Morgan fingerprint density at radius 3 is 2.46 bits per heavy atom. The number of ether oxygens (including phenoxy) is 2. The monoisotopic (exact) mass is 372 g/mol. The molecule has 0 spiro atoms. The summed E-state index contributed by atoms with van der Waals surface area (Å²) in [7, 11) is 0. The first-order chi connectivity index (χ1) is 12.2. The number of nitrogens with one attached hydrogen (secondary N) is 1. The third kappa shape index (κ3) is 4.98. The molecule has 0 unspecified atom stereocenters. The van der Waals surface area contributed by atoms with Gasteiger partial charge < -0.3 is 19.3 Å². The van der Waals surface area contributed by atoms with Crippen LogP contribution in [0, 0.1) is 6.92 Å². The van der Waals surface area contributed by atoms with E-state index < -0.39 is 24.0 Å². The summed E-state index contributed by atoms with van der Waals surface area (Å²) >= 11 is 0. The van der Waals surface area contributed by atoms with Crippen LogP contribution in [0.2, 0.25) is 0 Å². The summed E-state index contributed by atoms with van der Waals surface area (Å²) in [5.41, 5.74) is -0.190. The van der Waals surface area contributed by atoms with Gasteiger partial charge in [0, 0.05) is 5.69 Å². The highest BCUT2D eigenvalue weighted by Crippen LogP contribution is 2.24. The zero-order valence-electron chi connectivity index (χ0n) is 13.8. The molecule has 2 rings (SSSR count). The maximum atomic E-state index is 12.4. The molecule has 0 radical (unpaired) electrons. The lowest BCUT2D eigenvalue weighted by Gasteiger charge is -2.10. The fraction of sp³-hybridized carbons (Fsp3) is 0.312. The van der Waals surface area contributed by atoms with Crippen LogP contribution in [-0.4, -0.2) is 30.0 Å². The van der Waals surface area contributed by atoms with Gasteiger partial charge in [-0.25, -0.2) is 4.79 Å². The molecule has 0 aliphatic carbocycles. The maximum Gasteiger partial charge on any atom is 0.573 e. The average Bonchev–Trinajstić information content (AvgIpc) is 2.95. The molecule has 140 valence electrons. The fourth-order valence-electron chi connectivity index (χ4n) is 1.98. The van der Waals surface area contributed by atoms with Crippen LogP contribution in [0.1, 0.15) is 40.0 Å². The van der Waals surface area contributed by atoms with E-state index in [-0.39, 0.29) is 29.3 Å². The van der Waals surface area contributed by atoms with Crippen molar-refractivity contribution in [3.8, 4) is 5.75 Å². The van der Waals surface area contributed by atoms with Gasteiger partial charge in [-0.2, -0.15) is 0 Å². The summed E-state index contributed by atoms with van der Waals surface area (Å²) in [6, 6.07) is 4.52. The van der Waals surface area contributed by atoms with Crippen molar-refractivity contribution in [2.24, 2.45) is 0 Å². The van der Waals surface area contributed by atoms with Crippen molar-refractivity contribution in [2.45, 2.75) is 26.6 Å². The number of aromatic nitrogens is 1. The molecule has 0 aliphatic rings. The molecule has 1 aromatic carbocycles. The second kappa shape index (κ2) is 7.89. The highest BCUT2D eigenvalue weighted by molar-refractivity contribution is 6.10. The van der Waals surface area contributed by atoms with Gasteiger partial charge in [-0.1, -0.05) is 12.1 Å². The van der Waals surface area contributed by atoms with Crippen molar-refractivity contribution in [2.75, 3.05) is 11.9 Å². The molecule has 0 saturated carbocycles. The summed E-state index contributed by atoms with van der Waals surface area (Å²) in [4.78, 5) is 24.3. The largest absolute Gasteiger partial charge is 0.573 e. The van der Waals surface area contributed by atoms with Gasteiger partial charge in [-0.3, -0.25) is 4.79 Å². The molecule has 0 aliphatic heterocycles. The number of carbonyl (C=O) groups excluding carboxylic acids is 2. The van der Waals surface area contributed by atoms with Crippen molar-refractivity contribution in [3.63, 3.8) is 0 Å². The summed E-state index contributed by atoms with van der Waals surface area (Å²) in [5, 5.41) is 5.97.